The van der Waals surface area contributed by atoms with Crippen molar-refractivity contribution in [2.75, 3.05) is 19.6 Å². The van der Waals surface area contributed by atoms with Gasteiger partial charge in [-0.1, -0.05) is 6.92 Å². The zero-order chi connectivity index (χ0) is 11.7. The third-order valence-corrected chi connectivity index (χ3v) is 3.29. The van der Waals surface area contributed by atoms with Crippen molar-refractivity contribution in [3.8, 4) is 0 Å². The lowest BCUT2D eigenvalue weighted by atomic mass is 9.93. The summed E-state index contributed by atoms with van der Waals surface area (Å²) < 4.78 is 6.10. The molecule has 0 saturated carbocycles. The molecule has 90 valence electrons. The van der Waals surface area contributed by atoms with E-state index in [9.17, 15) is 0 Å². The number of hydrogen-bond acceptors (Lipinski definition) is 3. The predicted octanol–water partition coefficient (Wildman–Crippen LogP) is 1.61. The predicted molar refractivity (Wildman–Crippen MR) is 63.9 cm³/mol. The third kappa shape index (κ3) is 2.92. The van der Waals surface area contributed by atoms with E-state index < -0.39 is 0 Å². The Morgan fingerprint density at radius 1 is 1.33 bits per heavy atom. The highest BCUT2D eigenvalue weighted by molar-refractivity contribution is 4.99. The van der Waals surface area contributed by atoms with Gasteiger partial charge in [-0.25, -0.2) is 0 Å². The standard InChI is InChI=1S/C12H26N2O/c1-6-14(8-7-13)10-9-11(2,3)15-12(10,4)5/h10H,6-9,13H2,1-5H3. The van der Waals surface area contributed by atoms with Crippen molar-refractivity contribution in [3.63, 3.8) is 0 Å². The van der Waals surface area contributed by atoms with Crippen LogP contribution in [0.4, 0.5) is 0 Å². The Labute approximate surface area is 94.0 Å². The van der Waals surface area contributed by atoms with Crippen molar-refractivity contribution in [2.45, 2.75) is 58.3 Å². The molecule has 1 atom stereocenters. The molecular weight excluding hydrogens is 188 g/mol. The molecule has 2 N–H and O–H groups in total. The quantitative estimate of drug-likeness (QED) is 0.773. The van der Waals surface area contributed by atoms with Crippen LogP contribution >= 0.6 is 0 Å². The van der Waals surface area contributed by atoms with Crippen molar-refractivity contribution in [2.24, 2.45) is 5.73 Å². The molecule has 0 aliphatic carbocycles. The molecular formula is C12H26N2O. The van der Waals surface area contributed by atoms with Crippen LogP contribution in [0.2, 0.25) is 0 Å². The Balaban J connectivity index is 2.75. The summed E-state index contributed by atoms with van der Waals surface area (Å²) in [7, 11) is 0. The summed E-state index contributed by atoms with van der Waals surface area (Å²) in [4.78, 5) is 2.44. The van der Waals surface area contributed by atoms with Gasteiger partial charge in [-0.05, 0) is 40.7 Å². The van der Waals surface area contributed by atoms with Crippen LogP contribution in [0.1, 0.15) is 41.0 Å². The molecule has 1 saturated heterocycles. The summed E-state index contributed by atoms with van der Waals surface area (Å²) >= 11 is 0. The highest BCUT2D eigenvalue weighted by Gasteiger charge is 2.47. The molecule has 1 aliphatic rings. The Hall–Kier alpha value is -0.120. The van der Waals surface area contributed by atoms with Gasteiger partial charge in [-0.2, -0.15) is 0 Å². The highest BCUT2D eigenvalue weighted by Crippen LogP contribution is 2.39. The molecule has 0 amide bonds. The molecule has 3 nitrogen and oxygen atoms in total. The molecule has 1 fully saturated rings. The first kappa shape index (κ1) is 12.9. The summed E-state index contributed by atoms with van der Waals surface area (Å²) in [5.74, 6) is 0. The first-order valence-electron chi connectivity index (χ1n) is 5.96. The van der Waals surface area contributed by atoms with Crippen molar-refractivity contribution < 1.29 is 4.74 Å². The molecule has 0 radical (unpaired) electrons. The van der Waals surface area contributed by atoms with Gasteiger partial charge in [0.2, 0.25) is 0 Å². The minimum atomic E-state index is -0.0608. The normalized spacial score (nSPS) is 28.6. The van der Waals surface area contributed by atoms with Crippen LogP contribution in [0.5, 0.6) is 0 Å². The fourth-order valence-electron chi connectivity index (χ4n) is 2.80. The Bertz CT molecular complexity index is 214. The maximum atomic E-state index is 6.10. The molecule has 1 unspecified atom stereocenters. The third-order valence-electron chi connectivity index (χ3n) is 3.29. The van der Waals surface area contributed by atoms with Gasteiger partial charge in [0.25, 0.3) is 0 Å². The van der Waals surface area contributed by atoms with Gasteiger partial charge in [0.1, 0.15) is 0 Å². The molecule has 0 aromatic rings. The Morgan fingerprint density at radius 2 is 1.93 bits per heavy atom. The van der Waals surface area contributed by atoms with Crippen molar-refractivity contribution in [1.82, 2.24) is 4.90 Å². The molecule has 3 heteroatoms. The average molecular weight is 214 g/mol. The van der Waals surface area contributed by atoms with E-state index in [0.717, 1.165) is 26.1 Å². The fourth-order valence-corrected chi connectivity index (χ4v) is 2.80. The van der Waals surface area contributed by atoms with Crippen LogP contribution in [0.25, 0.3) is 0 Å². The molecule has 0 aromatic heterocycles. The molecule has 0 aromatic carbocycles. The molecule has 1 heterocycles. The summed E-state index contributed by atoms with van der Waals surface area (Å²) in [6, 6.07) is 0.487. The van der Waals surface area contributed by atoms with Crippen LogP contribution in [-0.4, -0.2) is 41.8 Å². The number of nitrogens with zero attached hydrogens (tertiary/aromatic N) is 1. The summed E-state index contributed by atoms with van der Waals surface area (Å²) in [5, 5.41) is 0. The summed E-state index contributed by atoms with van der Waals surface area (Å²) in [6.45, 7) is 13.6. The van der Waals surface area contributed by atoms with E-state index in [1.165, 1.54) is 0 Å². The lowest BCUT2D eigenvalue weighted by molar-refractivity contribution is -0.0799. The Morgan fingerprint density at radius 3 is 2.27 bits per heavy atom. The van der Waals surface area contributed by atoms with Gasteiger partial charge < -0.3 is 10.5 Å². The molecule has 1 aliphatic heterocycles. The van der Waals surface area contributed by atoms with E-state index in [0.29, 0.717) is 6.04 Å². The largest absolute Gasteiger partial charge is 0.368 e. The number of hydrogen-bond donors (Lipinski definition) is 1. The number of rotatable bonds is 4. The zero-order valence-electron chi connectivity index (χ0n) is 10.8. The minimum Gasteiger partial charge on any atom is -0.368 e. The van der Waals surface area contributed by atoms with E-state index in [1.807, 2.05) is 0 Å². The second-order valence-electron chi connectivity index (χ2n) is 5.60. The lowest BCUT2D eigenvalue weighted by Crippen LogP contribution is -2.48. The van der Waals surface area contributed by atoms with Crippen molar-refractivity contribution >= 4 is 0 Å². The lowest BCUT2D eigenvalue weighted by Gasteiger charge is -2.35. The Kier molecular flexibility index (Phi) is 3.80. The van der Waals surface area contributed by atoms with E-state index in [1.54, 1.807) is 0 Å². The minimum absolute atomic E-state index is 0.00378. The first-order chi connectivity index (χ1) is 6.82. The van der Waals surface area contributed by atoms with Crippen molar-refractivity contribution in [1.29, 1.82) is 0 Å². The van der Waals surface area contributed by atoms with Gasteiger partial charge in [0.05, 0.1) is 11.2 Å². The van der Waals surface area contributed by atoms with Crippen LogP contribution in [-0.2, 0) is 4.74 Å². The smallest absolute Gasteiger partial charge is 0.0789 e. The zero-order valence-corrected chi connectivity index (χ0v) is 10.8. The molecule has 15 heavy (non-hydrogen) atoms. The van der Waals surface area contributed by atoms with Gasteiger partial charge in [0.15, 0.2) is 0 Å². The maximum Gasteiger partial charge on any atom is 0.0789 e. The van der Waals surface area contributed by atoms with E-state index in [2.05, 4.69) is 39.5 Å². The van der Waals surface area contributed by atoms with Crippen LogP contribution in [0, 0.1) is 0 Å². The van der Waals surface area contributed by atoms with E-state index in [4.69, 9.17) is 10.5 Å². The fraction of sp³-hybridized carbons (Fsp3) is 1.00. The van der Waals surface area contributed by atoms with Gasteiger partial charge in [0, 0.05) is 19.1 Å². The first-order valence-corrected chi connectivity index (χ1v) is 5.96. The summed E-state index contributed by atoms with van der Waals surface area (Å²) in [6.07, 6.45) is 1.09. The van der Waals surface area contributed by atoms with Gasteiger partial charge in [-0.3, -0.25) is 4.90 Å². The molecule has 0 spiro atoms. The SMILES string of the molecule is CCN(CCN)C1CC(C)(C)OC1(C)C. The second-order valence-corrected chi connectivity index (χ2v) is 5.60. The summed E-state index contributed by atoms with van der Waals surface area (Å²) in [5.41, 5.74) is 5.58. The number of likely N-dealkylation sites (N-methyl/N-ethyl adjacent to an activating group) is 1. The van der Waals surface area contributed by atoms with Gasteiger partial charge in [-0.15, -0.1) is 0 Å². The average Bonchev–Trinajstić information content (AvgIpc) is 2.30. The van der Waals surface area contributed by atoms with E-state index >= 15 is 0 Å². The van der Waals surface area contributed by atoms with Gasteiger partial charge >= 0.3 is 0 Å². The maximum absolute atomic E-state index is 6.10. The van der Waals surface area contributed by atoms with E-state index in [-0.39, 0.29) is 11.2 Å². The van der Waals surface area contributed by atoms with Crippen LogP contribution in [0.15, 0.2) is 0 Å². The van der Waals surface area contributed by atoms with Crippen LogP contribution in [0.3, 0.4) is 0 Å². The monoisotopic (exact) mass is 214 g/mol. The topological polar surface area (TPSA) is 38.5 Å². The molecule has 0 bridgehead atoms. The second kappa shape index (κ2) is 4.40. The number of nitrogens with two attached hydrogens (primary N) is 1. The highest BCUT2D eigenvalue weighted by atomic mass is 16.5. The van der Waals surface area contributed by atoms with Crippen molar-refractivity contribution in [3.05, 3.63) is 0 Å². The molecule has 1 rings (SSSR count). The van der Waals surface area contributed by atoms with Crippen LogP contribution < -0.4 is 5.73 Å². The number of ether oxygens (including phenoxy) is 1.